The molecule has 0 aliphatic carbocycles. The average Bonchev–Trinajstić information content (AvgIpc) is 2.90. The molecule has 0 saturated carbocycles. The van der Waals surface area contributed by atoms with E-state index in [1.54, 1.807) is 38.1 Å². The normalized spacial score (nSPS) is 11.9. The van der Waals surface area contributed by atoms with E-state index in [2.05, 4.69) is 5.32 Å². The molecule has 2 amide bonds. The number of para-hydroxylation sites is 2. The van der Waals surface area contributed by atoms with E-state index in [0.29, 0.717) is 17.4 Å². The number of ether oxygens (including phenoxy) is 1. The smallest absolute Gasteiger partial charge is 0.264 e. The van der Waals surface area contributed by atoms with Crippen LogP contribution in [0.1, 0.15) is 25.0 Å². The monoisotopic (exact) mass is 557 g/mol. The minimum Gasteiger partial charge on any atom is -0.492 e. The van der Waals surface area contributed by atoms with Crippen LogP contribution < -0.4 is 14.4 Å². The number of amides is 2. The van der Waals surface area contributed by atoms with Crippen molar-refractivity contribution in [2.75, 3.05) is 24.5 Å². The second-order valence-electron chi connectivity index (χ2n) is 8.67. The van der Waals surface area contributed by atoms with Crippen molar-refractivity contribution in [3.8, 4) is 5.75 Å². The van der Waals surface area contributed by atoms with Gasteiger partial charge in [-0.3, -0.25) is 13.9 Å². The Morgan fingerprint density at radius 1 is 1.03 bits per heavy atom. The van der Waals surface area contributed by atoms with Gasteiger partial charge in [-0.2, -0.15) is 0 Å². The van der Waals surface area contributed by atoms with Crippen LogP contribution in [0.15, 0.2) is 77.7 Å². The molecule has 8 nitrogen and oxygen atoms in total. The zero-order chi connectivity index (χ0) is 27.9. The van der Waals surface area contributed by atoms with Crippen molar-refractivity contribution in [3.63, 3.8) is 0 Å². The molecule has 0 aliphatic heterocycles. The van der Waals surface area contributed by atoms with Gasteiger partial charge in [0.05, 0.1) is 17.2 Å². The fourth-order valence-corrected chi connectivity index (χ4v) is 5.54. The lowest BCUT2D eigenvalue weighted by Crippen LogP contribution is -2.50. The number of likely N-dealkylation sites (N-methyl/N-ethyl adjacent to an activating group) is 1. The number of hydrogen-bond acceptors (Lipinski definition) is 5. The van der Waals surface area contributed by atoms with E-state index in [4.69, 9.17) is 16.3 Å². The fraction of sp³-hybridized carbons (Fsp3) is 0.286. The van der Waals surface area contributed by atoms with Crippen LogP contribution >= 0.6 is 11.6 Å². The first-order chi connectivity index (χ1) is 18.1. The molecule has 0 spiro atoms. The number of benzene rings is 3. The van der Waals surface area contributed by atoms with Crippen molar-refractivity contribution >= 4 is 39.1 Å². The van der Waals surface area contributed by atoms with Crippen LogP contribution in [0.5, 0.6) is 5.75 Å². The molecule has 3 rings (SSSR count). The number of sulfonamides is 1. The Balaban J connectivity index is 2.09. The Bertz CT molecular complexity index is 1380. The minimum atomic E-state index is -4.22. The molecule has 3 aromatic carbocycles. The number of halogens is 1. The van der Waals surface area contributed by atoms with Gasteiger partial charge < -0.3 is 15.0 Å². The van der Waals surface area contributed by atoms with Crippen LogP contribution in [-0.2, 0) is 26.2 Å². The molecule has 0 radical (unpaired) electrons. The number of aryl methyl sites for hydroxylation is 1. The number of anilines is 1. The molecule has 3 aromatic rings. The van der Waals surface area contributed by atoms with E-state index >= 15 is 0 Å². The van der Waals surface area contributed by atoms with Crippen molar-refractivity contribution in [3.05, 3.63) is 88.9 Å². The van der Waals surface area contributed by atoms with E-state index in [0.717, 1.165) is 15.4 Å². The van der Waals surface area contributed by atoms with Crippen LogP contribution in [0.3, 0.4) is 0 Å². The van der Waals surface area contributed by atoms with Crippen LogP contribution in [-0.4, -0.2) is 51.4 Å². The van der Waals surface area contributed by atoms with Crippen molar-refractivity contribution in [1.82, 2.24) is 10.2 Å². The van der Waals surface area contributed by atoms with Crippen molar-refractivity contribution in [1.29, 1.82) is 0 Å². The third-order valence-corrected chi connectivity index (χ3v) is 7.99. The summed E-state index contributed by atoms with van der Waals surface area (Å²) in [6.07, 6.45) is 0. The van der Waals surface area contributed by atoms with Gasteiger partial charge in [-0.15, -0.1) is 0 Å². The molecule has 0 saturated heterocycles. The van der Waals surface area contributed by atoms with E-state index in [1.807, 2.05) is 31.2 Å². The molecule has 0 fully saturated rings. The topological polar surface area (TPSA) is 96.0 Å². The molecular weight excluding hydrogens is 526 g/mol. The molecule has 1 unspecified atom stereocenters. The quantitative estimate of drug-likeness (QED) is 0.377. The first-order valence-corrected chi connectivity index (χ1v) is 14.0. The van der Waals surface area contributed by atoms with Gasteiger partial charge in [-0.05, 0) is 62.7 Å². The average molecular weight is 558 g/mol. The third kappa shape index (κ3) is 6.85. The highest BCUT2D eigenvalue weighted by Crippen LogP contribution is 2.33. The van der Waals surface area contributed by atoms with Crippen molar-refractivity contribution in [2.45, 2.75) is 38.3 Å². The molecule has 0 bridgehead atoms. The van der Waals surface area contributed by atoms with Crippen LogP contribution in [0, 0.1) is 6.92 Å². The summed E-state index contributed by atoms with van der Waals surface area (Å²) in [4.78, 5) is 27.8. The zero-order valence-corrected chi connectivity index (χ0v) is 23.4. The van der Waals surface area contributed by atoms with E-state index < -0.39 is 28.5 Å². The van der Waals surface area contributed by atoms with Gasteiger partial charge in [0, 0.05) is 18.6 Å². The summed E-state index contributed by atoms with van der Waals surface area (Å²) in [5, 5.41) is 2.95. The molecule has 1 N–H and O–H groups in total. The second kappa shape index (κ2) is 12.8. The van der Waals surface area contributed by atoms with Gasteiger partial charge in [0.2, 0.25) is 11.8 Å². The molecule has 38 heavy (non-hydrogen) atoms. The molecule has 10 heteroatoms. The number of hydrogen-bond donors (Lipinski definition) is 1. The molecule has 0 aliphatic rings. The minimum absolute atomic E-state index is 0.0365. The van der Waals surface area contributed by atoms with Crippen molar-refractivity contribution in [2.24, 2.45) is 0 Å². The Morgan fingerprint density at radius 3 is 2.34 bits per heavy atom. The molecule has 0 aromatic heterocycles. The van der Waals surface area contributed by atoms with Gasteiger partial charge in [-0.25, -0.2) is 8.42 Å². The first kappa shape index (κ1) is 29.0. The third-order valence-electron chi connectivity index (χ3n) is 5.96. The first-order valence-electron chi connectivity index (χ1n) is 12.1. The molecule has 202 valence electrons. The van der Waals surface area contributed by atoms with Gasteiger partial charge in [0.1, 0.15) is 18.3 Å². The van der Waals surface area contributed by atoms with Gasteiger partial charge >= 0.3 is 0 Å². The highest BCUT2D eigenvalue weighted by Gasteiger charge is 2.33. The summed E-state index contributed by atoms with van der Waals surface area (Å²) in [5.74, 6) is -0.607. The highest BCUT2D eigenvalue weighted by atomic mass is 35.5. The summed E-state index contributed by atoms with van der Waals surface area (Å²) in [6, 6.07) is 19.1. The summed E-state index contributed by atoms with van der Waals surface area (Å²) in [7, 11) is -2.73. The van der Waals surface area contributed by atoms with Gasteiger partial charge in [-0.1, -0.05) is 53.6 Å². The van der Waals surface area contributed by atoms with E-state index in [9.17, 15) is 18.0 Å². The second-order valence-corrected chi connectivity index (χ2v) is 11.0. The molecule has 0 heterocycles. The van der Waals surface area contributed by atoms with E-state index in [-0.39, 0.29) is 23.0 Å². The SMILES string of the molecule is CCOc1ccccc1N(CC(=O)N(Cc1cccc(C)c1)C(C)C(=O)NC)S(=O)(=O)c1ccc(Cl)cc1. The maximum Gasteiger partial charge on any atom is 0.264 e. The van der Waals surface area contributed by atoms with Gasteiger partial charge in [0.15, 0.2) is 0 Å². The predicted molar refractivity (Wildman–Crippen MR) is 149 cm³/mol. The maximum absolute atomic E-state index is 13.9. The standard InChI is InChI=1S/C28H32ClN3O5S/c1-5-37-26-12-7-6-11-25(26)32(38(35,36)24-15-13-23(29)14-16-24)19-27(33)31(21(3)28(34)30-4)18-22-10-8-9-20(2)17-22/h6-17,21H,5,18-19H2,1-4H3,(H,30,34). The maximum atomic E-state index is 13.9. The summed E-state index contributed by atoms with van der Waals surface area (Å²) in [6.45, 7) is 5.20. The lowest BCUT2D eigenvalue weighted by Gasteiger charge is -2.32. The van der Waals surface area contributed by atoms with Crippen LogP contribution in [0.2, 0.25) is 5.02 Å². The summed E-state index contributed by atoms with van der Waals surface area (Å²) < 4.78 is 34.5. The van der Waals surface area contributed by atoms with E-state index in [1.165, 1.54) is 36.2 Å². The number of carbonyl (C=O) groups is 2. The number of nitrogens with one attached hydrogen (secondary N) is 1. The largest absolute Gasteiger partial charge is 0.492 e. The summed E-state index contributed by atoms with van der Waals surface area (Å²) in [5.41, 5.74) is 2.02. The molecule has 1 atom stereocenters. The number of carbonyl (C=O) groups excluding carboxylic acids is 2. The lowest BCUT2D eigenvalue weighted by molar-refractivity contribution is -0.139. The Morgan fingerprint density at radius 2 is 1.71 bits per heavy atom. The number of nitrogens with zero attached hydrogens (tertiary/aromatic N) is 2. The molecular formula is C28H32ClN3O5S. The Labute approximate surface area is 229 Å². The Kier molecular flexibility index (Phi) is 9.77. The van der Waals surface area contributed by atoms with Crippen LogP contribution in [0.4, 0.5) is 5.69 Å². The fourth-order valence-electron chi connectivity index (χ4n) is 3.99. The van der Waals surface area contributed by atoms with Gasteiger partial charge in [0.25, 0.3) is 10.0 Å². The zero-order valence-electron chi connectivity index (χ0n) is 21.8. The lowest BCUT2D eigenvalue weighted by atomic mass is 10.1. The van der Waals surface area contributed by atoms with Crippen LogP contribution in [0.25, 0.3) is 0 Å². The van der Waals surface area contributed by atoms with Crippen molar-refractivity contribution < 1.29 is 22.7 Å². The number of rotatable bonds is 11. The predicted octanol–water partition coefficient (Wildman–Crippen LogP) is 4.41. The summed E-state index contributed by atoms with van der Waals surface area (Å²) >= 11 is 5.99. The highest BCUT2D eigenvalue weighted by molar-refractivity contribution is 7.92. The Hall–Kier alpha value is -3.56.